The lowest BCUT2D eigenvalue weighted by Crippen LogP contribution is -2.41. The van der Waals surface area contributed by atoms with Crippen molar-refractivity contribution in [1.82, 2.24) is 4.90 Å². The van der Waals surface area contributed by atoms with Crippen molar-refractivity contribution >= 4 is 7.12 Å². The highest BCUT2D eigenvalue weighted by Crippen LogP contribution is 2.41. The maximum absolute atomic E-state index is 15.0. The third-order valence-electron chi connectivity index (χ3n) is 5.47. The van der Waals surface area contributed by atoms with E-state index < -0.39 is 18.3 Å². The fourth-order valence-electron chi connectivity index (χ4n) is 3.30. The van der Waals surface area contributed by atoms with Crippen LogP contribution in [0.3, 0.4) is 0 Å². The van der Waals surface area contributed by atoms with Crippen LogP contribution in [0.1, 0.15) is 60.8 Å². The Morgan fingerprint density at radius 2 is 1.82 bits per heavy atom. The summed E-state index contributed by atoms with van der Waals surface area (Å²) in [7, 11) is -0.841. The molecule has 22 heavy (non-hydrogen) atoms. The molecule has 2 fully saturated rings. The van der Waals surface area contributed by atoms with E-state index in [1.165, 1.54) is 0 Å². The number of halogens is 1. The minimum absolute atomic E-state index is 0.179. The molecule has 1 atom stereocenters. The summed E-state index contributed by atoms with van der Waals surface area (Å²) in [5.41, 5.74) is -0.240. The molecule has 0 bridgehead atoms. The number of rotatable bonds is 4. The number of hydrogen-bond donors (Lipinski definition) is 0. The molecule has 1 unspecified atom stereocenters. The summed E-state index contributed by atoms with van der Waals surface area (Å²) in [5, 5.41) is 0. The Kier molecular flexibility index (Phi) is 5.40. The normalized spacial score (nSPS) is 30.7. The van der Waals surface area contributed by atoms with E-state index in [0.29, 0.717) is 0 Å². The van der Waals surface area contributed by atoms with E-state index in [4.69, 9.17) is 9.31 Å². The molecule has 2 aliphatic heterocycles. The first-order valence-electron chi connectivity index (χ1n) is 8.68. The Morgan fingerprint density at radius 3 is 2.32 bits per heavy atom. The largest absolute Gasteiger partial charge is 0.525 e. The molecule has 2 rings (SSSR count). The van der Waals surface area contributed by atoms with Crippen molar-refractivity contribution in [2.75, 3.05) is 19.6 Å². The lowest BCUT2D eigenvalue weighted by atomic mass is 9.77. The van der Waals surface area contributed by atoms with Gasteiger partial charge in [0.1, 0.15) is 5.73 Å². The second kappa shape index (κ2) is 6.62. The second-order valence-electron chi connectivity index (χ2n) is 7.62. The van der Waals surface area contributed by atoms with E-state index >= 15 is 4.39 Å². The Labute approximate surface area is 135 Å². The van der Waals surface area contributed by atoms with Crippen LogP contribution in [0.25, 0.3) is 0 Å². The summed E-state index contributed by atoms with van der Waals surface area (Å²) < 4.78 is 26.8. The van der Waals surface area contributed by atoms with Crippen molar-refractivity contribution in [2.45, 2.75) is 72.0 Å². The standard InChI is InChI=1S/C17H31BFNO2/c1-7-10-20-11-9-14(13(8-2)12-20)15(19)18-21-16(3,4)17(5,6)22-18/h13H,7-12H2,1-6H3. The zero-order valence-corrected chi connectivity index (χ0v) is 15.0. The fourth-order valence-corrected chi connectivity index (χ4v) is 3.30. The van der Waals surface area contributed by atoms with Gasteiger partial charge in [-0.1, -0.05) is 13.8 Å². The third kappa shape index (κ3) is 3.41. The van der Waals surface area contributed by atoms with Crippen LogP contribution in [0.15, 0.2) is 11.3 Å². The molecule has 5 heteroatoms. The molecule has 0 radical (unpaired) electrons. The highest BCUT2D eigenvalue weighted by atomic mass is 19.1. The van der Waals surface area contributed by atoms with Crippen molar-refractivity contribution in [3.63, 3.8) is 0 Å². The van der Waals surface area contributed by atoms with Crippen molar-refractivity contribution < 1.29 is 13.7 Å². The van der Waals surface area contributed by atoms with Gasteiger partial charge >= 0.3 is 7.12 Å². The van der Waals surface area contributed by atoms with E-state index in [1.807, 2.05) is 27.7 Å². The predicted octanol–water partition coefficient (Wildman–Crippen LogP) is 3.98. The Hall–Kier alpha value is -0.385. The summed E-state index contributed by atoms with van der Waals surface area (Å²) >= 11 is 0. The maximum atomic E-state index is 15.0. The minimum Gasteiger partial charge on any atom is -0.398 e. The average molecular weight is 311 g/mol. The van der Waals surface area contributed by atoms with Gasteiger partial charge in [-0.15, -0.1) is 0 Å². The van der Waals surface area contributed by atoms with Crippen LogP contribution < -0.4 is 0 Å². The first kappa shape index (κ1) is 18.0. The van der Waals surface area contributed by atoms with Gasteiger partial charge in [-0.25, -0.2) is 4.39 Å². The summed E-state index contributed by atoms with van der Waals surface area (Å²) in [4.78, 5) is 2.44. The number of nitrogens with zero attached hydrogens (tertiary/aromatic N) is 1. The Balaban J connectivity index is 2.16. The monoisotopic (exact) mass is 311 g/mol. The first-order chi connectivity index (χ1) is 10.2. The molecule has 0 aromatic carbocycles. The molecule has 2 aliphatic rings. The minimum atomic E-state index is -0.841. The van der Waals surface area contributed by atoms with Crippen LogP contribution in [0.5, 0.6) is 0 Å². The van der Waals surface area contributed by atoms with Gasteiger partial charge < -0.3 is 14.2 Å². The lowest BCUT2D eigenvalue weighted by Gasteiger charge is -2.34. The molecule has 0 aliphatic carbocycles. The Morgan fingerprint density at radius 1 is 1.23 bits per heavy atom. The van der Waals surface area contributed by atoms with Gasteiger partial charge in [0, 0.05) is 13.1 Å². The van der Waals surface area contributed by atoms with Gasteiger partial charge in [-0.05, 0) is 65.0 Å². The van der Waals surface area contributed by atoms with Crippen molar-refractivity contribution in [1.29, 1.82) is 0 Å². The van der Waals surface area contributed by atoms with E-state index in [9.17, 15) is 0 Å². The summed E-state index contributed by atoms with van der Waals surface area (Å²) in [5.74, 6) is 0.277. The quantitative estimate of drug-likeness (QED) is 0.733. The van der Waals surface area contributed by atoms with Crippen LogP contribution in [-0.2, 0) is 9.31 Å². The molecular weight excluding hydrogens is 280 g/mol. The fraction of sp³-hybridized carbons (Fsp3) is 0.882. The van der Waals surface area contributed by atoms with E-state index in [0.717, 1.165) is 44.5 Å². The zero-order chi connectivity index (χ0) is 16.5. The molecule has 3 nitrogen and oxygen atoms in total. The number of hydrogen-bond acceptors (Lipinski definition) is 3. The molecule has 0 aromatic rings. The van der Waals surface area contributed by atoms with Crippen LogP contribution in [0.2, 0.25) is 0 Å². The molecule has 2 heterocycles. The van der Waals surface area contributed by atoms with E-state index in [-0.39, 0.29) is 11.6 Å². The highest BCUT2D eigenvalue weighted by Gasteiger charge is 2.53. The predicted molar refractivity (Wildman–Crippen MR) is 89.3 cm³/mol. The van der Waals surface area contributed by atoms with Crippen molar-refractivity contribution in [3.8, 4) is 0 Å². The van der Waals surface area contributed by atoms with Crippen LogP contribution in [-0.4, -0.2) is 42.9 Å². The summed E-state index contributed by atoms with van der Waals surface area (Å²) in [6.07, 6.45) is 2.89. The molecule has 0 N–H and O–H groups in total. The van der Waals surface area contributed by atoms with Crippen LogP contribution >= 0.6 is 0 Å². The molecule has 0 spiro atoms. The van der Waals surface area contributed by atoms with Gasteiger partial charge in [0.05, 0.1) is 11.2 Å². The first-order valence-corrected chi connectivity index (χ1v) is 8.68. The molecule has 0 amide bonds. The maximum Gasteiger partial charge on any atom is 0.525 e. The van der Waals surface area contributed by atoms with Gasteiger partial charge in [0.25, 0.3) is 0 Å². The second-order valence-corrected chi connectivity index (χ2v) is 7.62. The third-order valence-corrected chi connectivity index (χ3v) is 5.47. The van der Waals surface area contributed by atoms with Gasteiger partial charge in [0.15, 0.2) is 0 Å². The van der Waals surface area contributed by atoms with Crippen LogP contribution in [0, 0.1) is 5.92 Å². The summed E-state index contributed by atoms with van der Waals surface area (Å²) in [6, 6.07) is 0. The van der Waals surface area contributed by atoms with E-state index in [1.54, 1.807) is 0 Å². The number of piperidine rings is 1. The zero-order valence-electron chi connectivity index (χ0n) is 15.0. The van der Waals surface area contributed by atoms with Gasteiger partial charge in [0.2, 0.25) is 0 Å². The van der Waals surface area contributed by atoms with Crippen LogP contribution in [0.4, 0.5) is 4.39 Å². The highest BCUT2D eigenvalue weighted by molar-refractivity contribution is 6.53. The Bertz CT molecular complexity index is 420. The van der Waals surface area contributed by atoms with E-state index in [2.05, 4.69) is 18.7 Å². The van der Waals surface area contributed by atoms with Gasteiger partial charge in [-0.3, -0.25) is 0 Å². The molecular formula is C17H31BFNO2. The number of likely N-dealkylation sites (tertiary alicyclic amines) is 1. The average Bonchev–Trinajstić information content (AvgIpc) is 2.67. The van der Waals surface area contributed by atoms with Crippen molar-refractivity contribution in [2.24, 2.45) is 5.92 Å². The summed E-state index contributed by atoms with van der Waals surface area (Å²) in [6.45, 7) is 15.2. The topological polar surface area (TPSA) is 21.7 Å². The lowest BCUT2D eigenvalue weighted by molar-refractivity contribution is 0.00578. The van der Waals surface area contributed by atoms with Gasteiger partial charge in [-0.2, -0.15) is 0 Å². The smallest absolute Gasteiger partial charge is 0.398 e. The molecule has 2 saturated heterocycles. The molecule has 126 valence electrons. The molecule has 0 aromatic heterocycles. The van der Waals surface area contributed by atoms with Crippen molar-refractivity contribution in [3.05, 3.63) is 11.3 Å². The molecule has 0 saturated carbocycles. The SMILES string of the molecule is CCCN1CCC(=C(F)B2OC(C)(C)C(C)(C)O2)C(CC)C1.